The third kappa shape index (κ3) is 4.11. The number of piperazine rings is 1. The zero-order valence-electron chi connectivity index (χ0n) is 21.7. The Balaban J connectivity index is 1.22. The average molecular weight is 505 g/mol. The van der Waals surface area contributed by atoms with Crippen LogP contribution in [0.25, 0.3) is 44.5 Å². The van der Waals surface area contributed by atoms with Crippen LogP contribution < -0.4 is 10.2 Å². The maximum Gasteiger partial charge on any atom is 0.116 e. The SMILES string of the molecule is C=C(Nc1cncc(-c2cc3c(-c4cc5c(N6CCN(C)CC6)cccc5[nH]4)n[nH]c3cn2)c1)C1CCC1. The first-order chi connectivity index (χ1) is 18.6. The largest absolute Gasteiger partial charge is 0.368 e. The number of hydrogen-bond donors (Lipinski definition) is 3. The van der Waals surface area contributed by atoms with E-state index in [1.165, 1.54) is 30.3 Å². The molecule has 5 heterocycles. The van der Waals surface area contributed by atoms with Crippen molar-refractivity contribution in [2.24, 2.45) is 5.92 Å². The Labute approximate surface area is 221 Å². The monoisotopic (exact) mass is 504 g/mol. The molecule has 8 nitrogen and oxygen atoms in total. The van der Waals surface area contributed by atoms with Gasteiger partial charge in [-0.25, -0.2) is 0 Å². The molecule has 5 aromatic rings. The van der Waals surface area contributed by atoms with Gasteiger partial charge in [0.25, 0.3) is 0 Å². The molecule has 0 atom stereocenters. The molecule has 1 aliphatic heterocycles. The number of anilines is 2. The van der Waals surface area contributed by atoms with Crippen LogP contribution in [-0.2, 0) is 0 Å². The lowest BCUT2D eigenvalue weighted by atomic mass is 9.83. The van der Waals surface area contributed by atoms with Crippen LogP contribution in [-0.4, -0.2) is 63.3 Å². The second-order valence-electron chi connectivity index (χ2n) is 10.6. The van der Waals surface area contributed by atoms with Crippen LogP contribution in [0.5, 0.6) is 0 Å². The Hall–Kier alpha value is -4.17. The van der Waals surface area contributed by atoms with Crippen LogP contribution in [0.2, 0.25) is 0 Å². The molecular formula is C30H32N8. The van der Waals surface area contributed by atoms with Gasteiger partial charge in [0.15, 0.2) is 0 Å². The van der Waals surface area contributed by atoms with Gasteiger partial charge in [-0.1, -0.05) is 19.1 Å². The summed E-state index contributed by atoms with van der Waals surface area (Å²) in [6.45, 7) is 8.46. The molecule has 3 N–H and O–H groups in total. The number of rotatable bonds is 6. The van der Waals surface area contributed by atoms with Gasteiger partial charge >= 0.3 is 0 Å². The van der Waals surface area contributed by atoms with Crippen LogP contribution in [0.1, 0.15) is 19.3 Å². The minimum absolute atomic E-state index is 0.565. The minimum Gasteiger partial charge on any atom is -0.368 e. The Kier molecular flexibility index (Phi) is 5.62. The third-order valence-electron chi connectivity index (χ3n) is 8.12. The highest BCUT2D eigenvalue weighted by Crippen LogP contribution is 2.36. The van der Waals surface area contributed by atoms with E-state index < -0.39 is 0 Å². The van der Waals surface area contributed by atoms with Gasteiger partial charge in [0.05, 0.1) is 35.0 Å². The molecule has 0 unspecified atom stereocenters. The van der Waals surface area contributed by atoms with Gasteiger partial charge < -0.3 is 20.1 Å². The number of benzene rings is 1. The first kappa shape index (κ1) is 23.0. The van der Waals surface area contributed by atoms with Crippen LogP contribution in [0.3, 0.4) is 0 Å². The van der Waals surface area contributed by atoms with E-state index in [1.54, 1.807) is 0 Å². The summed E-state index contributed by atoms with van der Waals surface area (Å²) < 4.78 is 0. The van der Waals surface area contributed by atoms with E-state index in [4.69, 9.17) is 4.98 Å². The molecule has 192 valence electrons. The fourth-order valence-electron chi connectivity index (χ4n) is 5.56. The molecule has 7 rings (SSSR count). The van der Waals surface area contributed by atoms with E-state index in [-0.39, 0.29) is 0 Å². The average Bonchev–Trinajstić information content (AvgIpc) is 3.52. The molecule has 0 bridgehead atoms. The van der Waals surface area contributed by atoms with Gasteiger partial charge in [-0.15, -0.1) is 0 Å². The van der Waals surface area contributed by atoms with Gasteiger partial charge in [0, 0.05) is 65.6 Å². The summed E-state index contributed by atoms with van der Waals surface area (Å²) in [5, 5.41) is 13.6. The van der Waals surface area contributed by atoms with Crippen molar-refractivity contribution in [2.45, 2.75) is 19.3 Å². The minimum atomic E-state index is 0.565. The van der Waals surface area contributed by atoms with Crippen LogP contribution in [0.15, 0.2) is 67.3 Å². The van der Waals surface area contributed by atoms with Crippen molar-refractivity contribution in [3.8, 4) is 22.6 Å². The van der Waals surface area contributed by atoms with Gasteiger partial charge in [0.1, 0.15) is 5.69 Å². The number of aromatic nitrogens is 5. The van der Waals surface area contributed by atoms with Gasteiger partial charge in [-0.2, -0.15) is 5.10 Å². The Morgan fingerprint density at radius 3 is 2.68 bits per heavy atom. The second-order valence-corrected chi connectivity index (χ2v) is 10.6. The second kappa shape index (κ2) is 9.29. The number of nitrogens with one attached hydrogen (secondary N) is 3. The van der Waals surface area contributed by atoms with Crippen molar-refractivity contribution in [3.63, 3.8) is 0 Å². The summed E-state index contributed by atoms with van der Waals surface area (Å²) in [7, 11) is 2.19. The van der Waals surface area contributed by atoms with Crippen molar-refractivity contribution in [1.29, 1.82) is 0 Å². The Morgan fingerprint density at radius 1 is 1.00 bits per heavy atom. The Bertz CT molecular complexity index is 1630. The molecule has 0 spiro atoms. The normalized spacial score (nSPS) is 16.7. The first-order valence-corrected chi connectivity index (χ1v) is 13.4. The number of hydrogen-bond acceptors (Lipinski definition) is 6. The fourth-order valence-corrected chi connectivity index (χ4v) is 5.56. The van der Waals surface area contributed by atoms with Crippen LogP contribution in [0, 0.1) is 5.92 Å². The standard InChI is InChI=1S/C30H32N8/c1-19(20-5-3-6-20)33-22-13-21(16-31-17-22)26-15-24-28(18-32-26)35-36-30(24)27-14-23-25(34-27)7-4-8-29(23)38-11-9-37(2)10-12-38/h4,7-8,13-18,20,33-34H,1,3,5-6,9-12H2,2H3,(H,35,36). The first-order valence-electron chi connectivity index (χ1n) is 13.4. The van der Waals surface area contributed by atoms with E-state index >= 15 is 0 Å². The summed E-state index contributed by atoms with van der Waals surface area (Å²) in [5.74, 6) is 0.565. The Morgan fingerprint density at radius 2 is 1.87 bits per heavy atom. The lowest BCUT2D eigenvalue weighted by molar-refractivity contribution is 0.313. The smallest absolute Gasteiger partial charge is 0.116 e. The highest BCUT2D eigenvalue weighted by Gasteiger charge is 2.21. The summed E-state index contributed by atoms with van der Waals surface area (Å²) in [6, 6.07) is 12.9. The molecule has 1 aromatic carbocycles. The van der Waals surface area contributed by atoms with Crippen LogP contribution in [0.4, 0.5) is 11.4 Å². The van der Waals surface area contributed by atoms with E-state index in [0.29, 0.717) is 5.92 Å². The summed E-state index contributed by atoms with van der Waals surface area (Å²) in [4.78, 5) is 17.7. The van der Waals surface area contributed by atoms with Crippen LogP contribution >= 0.6 is 0 Å². The van der Waals surface area contributed by atoms with Crippen molar-refractivity contribution >= 4 is 33.2 Å². The maximum atomic E-state index is 4.71. The molecule has 0 amide bonds. The number of aromatic amines is 2. The highest BCUT2D eigenvalue weighted by atomic mass is 15.2. The molecular weight excluding hydrogens is 472 g/mol. The van der Waals surface area contributed by atoms with E-state index in [9.17, 15) is 0 Å². The van der Waals surface area contributed by atoms with Crippen molar-refractivity contribution in [2.75, 3.05) is 43.4 Å². The summed E-state index contributed by atoms with van der Waals surface area (Å²) in [6.07, 6.45) is 9.27. The van der Waals surface area contributed by atoms with E-state index in [2.05, 4.69) is 85.3 Å². The number of likely N-dealkylation sites (N-methyl/N-ethyl adjacent to an activating group) is 1. The van der Waals surface area contributed by atoms with Crippen molar-refractivity contribution in [1.82, 2.24) is 30.0 Å². The zero-order chi connectivity index (χ0) is 25.6. The molecule has 1 saturated carbocycles. The molecule has 2 aliphatic rings. The molecule has 1 aliphatic carbocycles. The molecule has 8 heteroatoms. The van der Waals surface area contributed by atoms with Crippen molar-refractivity contribution < 1.29 is 0 Å². The topological polar surface area (TPSA) is 88.8 Å². The predicted octanol–water partition coefficient (Wildman–Crippen LogP) is 5.65. The summed E-state index contributed by atoms with van der Waals surface area (Å²) in [5.41, 5.74) is 9.03. The number of allylic oxidation sites excluding steroid dienone is 1. The molecule has 1 saturated heterocycles. The third-order valence-corrected chi connectivity index (χ3v) is 8.12. The molecule has 0 radical (unpaired) electrons. The van der Waals surface area contributed by atoms with Gasteiger partial charge in [-0.3, -0.25) is 15.1 Å². The van der Waals surface area contributed by atoms with Gasteiger partial charge in [-0.05, 0) is 56.1 Å². The fraction of sp³-hybridized carbons (Fsp3) is 0.300. The van der Waals surface area contributed by atoms with Gasteiger partial charge in [0.2, 0.25) is 0 Å². The molecule has 38 heavy (non-hydrogen) atoms. The van der Waals surface area contributed by atoms with Crippen molar-refractivity contribution in [3.05, 3.63) is 67.3 Å². The highest BCUT2D eigenvalue weighted by molar-refractivity contribution is 6.00. The molecule has 2 fully saturated rings. The number of fused-ring (bicyclic) bond motifs is 2. The lowest BCUT2D eigenvalue weighted by Gasteiger charge is -2.34. The van der Waals surface area contributed by atoms with E-state index in [1.807, 2.05) is 18.6 Å². The number of H-pyrrole nitrogens is 2. The number of nitrogens with zero attached hydrogens (tertiary/aromatic N) is 5. The number of pyridine rings is 2. The summed E-state index contributed by atoms with van der Waals surface area (Å²) >= 11 is 0. The quantitative estimate of drug-likeness (QED) is 0.277. The zero-order valence-corrected chi connectivity index (χ0v) is 21.7. The van der Waals surface area contributed by atoms with E-state index in [0.717, 1.165) is 76.6 Å². The predicted molar refractivity (Wildman–Crippen MR) is 154 cm³/mol. The lowest BCUT2D eigenvalue weighted by Crippen LogP contribution is -2.44. The maximum absolute atomic E-state index is 4.71. The molecule has 4 aromatic heterocycles.